The molecule has 3 rings (SSSR count). The molecule has 2 aromatic rings. The minimum atomic E-state index is -0.673. The molecule has 0 saturated carbocycles. The van der Waals surface area contributed by atoms with E-state index in [4.69, 9.17) is 11.6 Å². The van der Waals surface area contributed by atoms with Crippen molar-refractivity contribution >= 4 is 57.9 Å². The summed E-state index contributed by atoms with van der Waals surface area (Å²) in [7, 11) is 0. The summed E-state index contributed by atoms with van der Waals surface area (Å²) in [5.41, 5.74) is 1.67. The number of nitro benzene ring substituents is 1. The minimum absolute atomic E-state index is 0.113. The number of benzene rings is 2. The molecular formula is C19H16ClN5O4S. The van der Waals surface area contributed by atoms with Gasteiger partial charge in [-0.3, -0.25) is 19.7 Å². The third-order valence-electron chi connectivity index (χ3n) is 4.08. The van der Waals surface area contributed by atoms with Crippen molar-refractivity contribution in [2.75, 3.05) is 5.32 Å². The quantitative estimate of drug-likeness (QED) is 0.399. The maximum absolute atomic E-state index is 12.3. The topological polar surface area (TPSA) is 126 Å². The molecule has 154 valence electrons. The second kappa shape index (κ2) is 9.51. The van der Waals surface area contributed by atoms with E-state index in [0.29, 0.717) is 16.3 Å². The van der Waals surface area contributed by atoms with Crippen molar-refractivity contribution in [2.24, 2.45) is 10.2 Å². The van der Waals surface area contributed by atoms with Gasteiger partial charge in [0.2, 0.25) is 11.8 Å². The monoisotopic (exact) mass is 445 g/mol. The van der Waals surface area contributed by atoms with Crippen LogP contribution >= 0.6 is 23.4 Å². The van der Waals surface area contributed by atoms with Crippen molar-refractivity contribution in [3.05, 3.63) is 68.7 Å². The number of amidine groups is 1. The first-order valence-electron chi connectivity index (χ1n) is 8.71. The van der Waals surface area contributed by atoms with Crippen LogP contribution in [0.25, 0.3) is 0 Å². The SMILES string of the molecule is Cc1ccc([N+](=O)[O-])cc1NC(=O)CC1S/C(=N/N=C/c2ccc(Cl)cc2)NC1=O. The van der Waals surface area contributed by atoms with Crippen LogP contribution in [-0.2, 0) is 9.59 Å². The number of non-ortho nitro benzene ring substituents is 1. The van der Waals surface area contributed by atoms with Crippen molar-refractivity contribution in [3.63, 3.8) is 0 Å². The maximum atomic E-state index is 12.3. The normalized spacial score (nSPS) is 17.3. The van der Waals surface area contributed by atoms with E-state index >= 15 is 0 Å². The van der Waals surface area contributed by atoms with Gasteiger partial charge < -0.3 is 10.6 Å². The number of nitrogens with zero attached hydrogens (tertiary/aromatic N) is 3. The highest BCUT2D eigenvalue weighted by Crippen LogP contribution is 2.25. The van der Waals surface area contributed by atoms with E-state index in [1.165, 1.54) is 18.3 Å². The summed E-state index contributed by atoms with van der Waals surface area (Å²) in [5, 5.41) is 24.2. The van der Waals surface area contributed by atoms with Gasteiger partial charge in [-0.1, -0.05) is 41.6 Å². The Bertz CT molecular complexity index is 1060. The zero-order valence-electron chi connectivity index (χ0n) is 15.7. The Hall–Kier alpha value is -3.24. The zero-order valence-corrected chi connectivity index (χ0v) is 17.2. The number of anilines is 1. The zero-order chi connectivity index (χ0) is 21.7. The van der Waals surface area contributed by atoms with E-state index in [9.17, 15) is 19.7 Å². The summed E-state index contributed by atoms with van der Waals surface area (Å²) in [6.45, 7) is 1.72. The Labute approximate surface area is 180 Å². The van der Waals surface area contributed by atoms with Gasteiger partial charge in [0.05, 0.1) is 16.8 Å². The highest BCUT2D eigenvalue weighted by Gasteiger charge is 2.32. The van der Waals surface area contributed by atoms with Gasteiger partial charge in [-0.2, -0.15) is 5.10 Å². The number of thioether (sulfide) groups is 1. The summed E-state index contributed by atoms with van der Waals surface area (Å²) >= 11 is 6.91. The Morgan fingerprint density at radius 3 is 2.77 bits per heavy atom. The summed E-state index contributed by atoms with van der Waals surface area (Å²) < 4.78 is 0. The lowest BCUT2D eigenvalue weighted by Gasteiger charge is -2.09. The molecule has 1 saturated heterocycles. The fourth-order valence-corrected chi connectivity index (χ4v) is 3.56. The first-order chi connectivity index (χ1) is 14.3. The van der Waals surface area contributed by atoms with Crippen molar-refractivity contribution < 1.29 is 14.5 Å². The van der Waals surface area contributed by atoms with E-state index in [1.807, 2.05) is 0 Å². The summed E-state index contributed by atoms with van der Waals surface area (Å²) in [6.07, 6.45) is 1.40. The summed E-state index contributed by atoms with van der Waals surface area (Å²) in [4.78, 5) is 34.8. The first-order valence-corrected chi connectivity index (χ1v) is 9.96. The molecule has 1 aliphatic heterocycles. The predicted molar refractivity (Wildman–Crippen MR) is 117 cm³/mol. The van der Waals surface area contributed by atoms with E-state index in [0.717, 1.165) is 17.3 Å². The number of carbonyl (C=O) groups excluding carboxylic acids is 2. The second-order valence-electron chi connectivity index (χ2n) is 6.31. The first kappa shape index (κ1) is 21.5. The molecule has 2 amide bonds. The fourth-order valence-electron chi connectivity index (χ4n) is 2.51. The number of halogens is 1. The lowest BCUT2D eigenvalue weighted by molar-refractivity contribution is -0.384. The van der Waals surface area contributed by atoms with Crippen LogP contribution in [0.5, 0.6) is 0 Å². The molecule has 9 nitrogen and oxygen atoms in total. The van der Waals surface area contributed by atoms with Crippen molar-refractivity contribution in [2.45, 2.75) is 18.6 Å². The standard InChI is InChI=1S/C19H16ClN5O4S/c1-11-2-7-14(25(28)29)8-15(11)22-17(26)9-16-18(27)23-19(30-16)24-21-10-12-3-5-13(20)6-4-12/h2-8,10,16H,9H2,1H3,(H,22,26)(H,23,24,27)/b21-10+. The predicted octanol–water partition coefficient (Wildman–Crippen LogP) is 3.51. The Morgan fingerprint density at radius 1 is 1.33 bits per heavy atom. The van der Waals surface area contributed by atoms with Crippen LogP contribution in [0.2, 0.25) is 5.02 Å². The average Bonchev–Trinajstić information content (AvgIpc) is 3.04. The molecule has 30 heavy (non-hydrogen) atoms. The van der Waals surface area contributed by atoms with Crippen LogP contribution in [0.4, 0.5) is 11.4 Å². The highest BCUT2D eigenvalue weighted by molar-refractivity contribution is 8.15. The number of rotatable bonds is 6. The summed E-state index contributed by atoms with van der Waals surface area (Å²) in [5.74, 6) is -0.788. The number of amides is 2. The van der Waals surface area contributed by atoms with Gasteiger partial charge in [-0.25, -0.2) is 0 Å². The molecule has 1 heterocycles. The van der Waals surface area contributed by atoms with Gasteiger partial charge in [0.1, 0.15) is 5.25 Å². The number of aryl methyl sites for hydroxylation is 1. The number of carbonyl (C=O) groups is 2. The molecule has 0 radical (unpaired) electrons. The third kappa shape index (κ3) is 5.65. The van der Waals surface area contributed by atoms with Crippen molar-refractivity contribution in [3.8, 4) is 0 Å². The molecule has 0 aromatic heterocycles. The Balaban J connectivity index is 1.59. The fraction of sp³-hybridized carbons (Fsp3) is 0.158. The van der Waals surface area contributed by atoms with Crippen LogP contribution < -0.4 is 10.6 Å². The van der Waals surface area contributed by atoms with Crippen LogP contribution in [0.15, 0.2) is 52.7 Å². The van der Waals surface area contributed by atoms with E-state index in [2.05, 4.69) is 20.8 Å². The highest BCUT2D eigenvalue weighted by atomic mass is 35.5. The van der Waals surface area contributed by atoms with Crippen molar-refractivity contribution in [1.29, 1.82) is 0 Å². The molecule has 0 bridgehead atoms. The third-order valence-corrected chi connectivity index (χ3v) is 5.40. The Kier molecular flexibility index (Phi) is 6.80. The summed E-state index contributed by atoms with van der Waals surface area (Å²) in [6, 6.07) is 11.2. The smallest absolute Gasteiger partial charge is 0.271 e. The number of hydrogen-bond donors (Lipinski definition) is 2. The Morgan fingerprint density at radius 2 is 2.07 bits per heavy atom. The molecule has 11 heteroatoms. The molecule has 2 aromatic carbocycles. The van der Waals surface area contributed by atoms with Gasteiger partial charge in [0.15, 0.2) is 5.17 Å². The molecular weight excluding hydrogens is 430 g/mol. The van der Waals surface area contributed by atoms with Gasteiger partial charge in [0.25, 0.3) is 5.69 Å². The lowest BCUT2D eigenvalue weighted by atomic mass is 10.1. The number of nitro groups is 1. The number of hydrogen-bond acceptors (Lipinski definition) is 7. The maximum Gasteiger partial charge on any atom is 0.271 e. The number of nitrogens with one attached hydrogen (secondary N) is 2. The van der Waals surface area contributed by atoms with Gasteiger partial charge >= 0.3 is 0 Å². The second-order valence-corrected chi connectivity index (χ2v) is 7.93. The van der Waals surface area contributed by atoms with E-state index in [1.54, 1.807) is 37.3 Å². The van der Waals surface area contributed by atoms with E-state index in [-0.39, 0.29) is 23.2 Å². The molecule has 0 aliphatic carbocycles. The van der Waals surface area contributed by atoms with Crippen LogP contribution in [0, 0.1) is 17.0 Å². The molecule has 1 aliphatic rings. The van der Waals surface area contributed by atoms with Gasteiger partial charge in [-0.05, 0) is 30.2 Å². The molecule has 2 N–H and O–H groups in total. The van der Waals surface area contributed by atoms with E-state index < -0.39 is 16.1 Å². The largest absolute Gasteiger partial charge is 0.326 e. The van der Waals surface area contributed by atoms with Crippen LogP contribution in [-0.4, -0.2) is 33.4 Å². The average molecular weight is 446 g/mol. The van der Waals surface area contributed by atoms with Gasteiger partial charge in [0, 0.05) is 23.6 Å². The molecule has 1 atom stereocenters. The van der Waals surface area contributed by atoms with Crippen molar-refractivity contribution in [1.82, 2.24) is 5.32 Å². The van der Waals surface area contributed by atoms with Crippen LogP contribution in [0.1, 0.15) is 17.5 Å². The molecule has 1 fully saturated rings. The lowest BCUT2D eigenvalue weighted by Crippen LogP contribution is -2.28. The molecule has 1 unspecified atom stereocenters. The van der Waals surface area contributed by atoms with Gasteiger partial charge in [-0.15, -0.1) is 5.10 Å². The minimum Gasteiger partial charge on any atom is -0.326 e. The molecule has 0 spiro atoms. The van der Waals surface area contributed by atoms with Crippen LogP contribution in [0.3, 0.4) is 0 Å².